The average Bonchev–Trinajstić information content (AvgIpc) is 2.64. The Morgan fingerprint density at radius 3 is 2.26 bits per heavy atom. The molecule has 0 radical (unpaired) electrons. The molecule has 1 aliphatic heterocycles. The third kappa shape index (κ3) is 6.36. The number of esters is 1. The smallest absolute Gasteiger partial charge is 0.306 e. The molecule has 0 atom stereocenters. The van der Waals surface area contributed by atoms with Gasteiger partial charge in [-0.3, -0.25) is 19.3 Å². The van der Waals surface area contributed by atoms with Crippen LogP contribution in [-0.4, -0.2) is 66.9 Å². The number of ether oxygens (including phenoxy) is 1. The Morgan fingerprint density at radius 2 is 1.67 bits per heavy atom. The molecule has 1 aromatic rings. The van der Waals surface area contributed by atoms with Crippen LogP contribution in [0.1, 0.15) is 30.9 Å². The van der Waals surface area contributed by atoms with Gasteiger partial charge in [-0.2, -0.15) is 0 Å². The molecule has 2 amide bonds. The number of aryl methyl sites for hydroxylation is 2. The van der Waals surface area contributed by atoms with Crippen LogP contribution in [0.2, 0.25) is 0 Å². The quantitative estimate of drug-likeness (QED) is 0.735. The van der Waals surface area contributed by atoms with Gasteiger partial charge in [0.05, 0.1) is 19.6 Å². The highest BCUT2D eigenvalue weighted by molar-refractivity contribution is 5.93. The van der Waals surface area contributed by atoms with Gasteiger partial charge in [0.1, 0.15) is 0 Å². The van der Waals surface area contributed by atoms with E-state index in [0.29, 0.717) is 39.3 Å². The van der Waals surface area contributed by atoms with Gasteiger partial charge >= 0.3 is 5.97 Å². The molecule has 1 heterocycles. The Bertz CT molecular complexity index is 662. The molecule has 0 saturated carbocycles. The van der Waals surface area contributed by atoms with Crippen LogP contribution in [0, 0.1) is 13.8 Å². The van der Waals surface area contributed by atoms with E-state index in [4.69, 9.17) is 4.74 Å². The van der Waals surface area contributed by atoms with Crippen LogP contribution in [0.15, 0.2) is 18.2 Å². The molecule has 7 nitrogen and oxygen atoms in total. The SMILES string of the molecule is CCOC(=O)CCC(=O)N1CCN(CC(=O)Nc2c(C)cccc2C)CC1. The lowest BCUT2D eigenvalue weighted by molar-refractivity contribution is -0.146. The van der Waals surface area contributed by atoms with E-state index in [-0.39, 0.29) is 30.6 Å². The van der Waals surface area contributed by atoms with Crippen LogP contribution in [0.3, 0.4) is 0 Å². The number of nitrogens with zero attached hydrogens (tertiary/aromatic N) is 2. The number of carbonyl (C=O) groups is 3. The fourth-order valence-corrected chi connectivity index (χ4v) is 3.15. The third-order valence-electron chi connectivity index (χ3n) is 4.69. The number of rotatable bonds is 7. The summed E-state index contributed by atoms with van der Waals surface area (Å²) in [5.41, 5.74) is 2.95. The van der Waals surface area contributed by atoms with Crippen molar-refractivity contribution in [3.63, 3.8) is 0 Å². The first-order valence-corrected chi connectivity index (χ1v) is 9.42. The summed E-state index contributed by atoms with van der Waals surface area (Å²) in [6.45, 7) is 8.75. The van der Waals surface area contributed by atoms with Crippen molar-refractivity contribution in [1.29, 1.82) is 0 Å². The molecule has 0 aromatic heterocycles. The minimum atomic E-state index is -0.340. The fraction of sp³-hybridized carbons (Fsp3) is 0.550. The van der Waals surface area contributed by atoms with Gasteiger partial charge < -0.3 is 15.0 Å². The van der Waals surface area contributed by atoms with Crippen LogP contribution in [0.5, 0.6) is 0 Å². The molecule has 2 rings (SSSR count). The molecule has 0 spiro atoms. The van der Waals surface area contributed by atoms with E-state index < -0.39 is 0 Å². The Hall–Kier alpha value is -2.41. The first kappa shape index (κ1) is 20.9. The molecule has 148 valence electrons. The number of amides is 2. The monoisotopic (exact) mass is 375 g/mol. The number of para-hydroxylation sites is 1. The van der Waals surface area contributed by atoms with Gasteiger partial charge in [0.15, 0.2) is 0 Å². The second-order valence-corrected chi connectivity index (χ2v) is 6.78. The normalized spacial score (nSPS) is 14.7. The van der Waals surface area contributed by atoms with Gasteiger partial charge in [-0.15, -0.1) is 0 Å². The zero-order valence-corrected chi connectivity index (χ0v) is 16.4. The largest absolute Gasteiger partial charge is 0.466 e. The van der Waals surface area contributed by atoms with Crippen LogP contribution in [0.4, 0.5) is 5.69 Å². The zero-order valence-electron chi connectivity index (χ0n) is 16.4. The summed E-state index contributed by atoms with van der Waals surface area (Å²) < 4.78 is 4.84. The van der Waals surface area contributed by atoms with Gasteiger partial charge in [-0.05, 0) is 31.9 Å². The topological polar surface area (TPSA) is 79.0 Å². The van der Waals surface area contributed by atoms with E-state index in [9.17, 15) is 14.4 Å². The maximum absolute atomic E-state index is 12.4. The number of anilines is 1. The average molecular weight is 375 g/mol. The van der Waals surface area contributed by atoms with Crippen LogP contribution >= 0.6 is 0 Å². The predicted molar refractivity (Wildman–Crippen MR) is 103 cm³/mol. The predicted octanol–water partition coefficient (Wildman–Crippen LogP) is 1.73. The second kappa shape index (κ2) is 10.1. The molecule has 1 aliphatic rings. The molecule has 0 aliphatic carbocycles. The van der Waals surface area contributed by atoms with Crippen LogP contribution in [0.25, 0.3) is 0 Å². The lowest BCUT2D eigenvalue weighted by Gasteiger charge is -2.34. The molecular formula is C20H29N3O4. The van der Waals surface area contributed by atoms with Gasteiger partial charge in [-0.25, -0.2) is 0 Å². The molecule has 27 heavy (non-hydrogen) atoms. The zero-order chi connectivity index (χ0) is 19.8. The summed E-state index contributed by atoms with van der Waals surface area (Å²) in [5.74, 6) is -0.426. The number of hydrogen-bond donors (Lipinski definition) is 1. The maximum Gasteiger partial charge on any atom is 0.306 e. The van der Waals surface area contributed by atoms with Gasteiger partial charge in [0.25, 0.3) is 0 Å². The lowest BCUT2D eigenvalue weighted by atomic mass is 10.1. The molecule has 0 unspecified atom stereocenters. The summed E-state index contributed by atoms with van der Waals surface area (Å²) in [7, 11) is 0. The van der Waals surface area contributed by atoms with Crippen molar-refractivity contribution in [3.8, 4) is 0 Å². The van der Waals surface area contributed by atoms with E-state index in [0.717, 1.165) is 16.8 Å². The van der Waals surface area contributed by atoms with E-state index in [1.54, 1.807) is 11.8 Å². The van der Waals surface area contributed by atoms with Crippen molar-refractivity contribution in [2.45, 2.75) is 33.6 Å². The first-order valence-electron chi connectivity index (χ1n) is 9.42. The Labute approximate surface area is 160 Å². The minimum absolute atomic E-state index is 0.0392. The van der Waals surface area contributed by atoms with Crippen LogP contribution < -0.4 is 5.32 Å². The lowest BCUT2D eigenvalue weighted by Crippen LogP contribution is -2.50. The molecule has 7 heteroatoms. The second-order valence-electron chi connectivity index (χ2n) is 6.78. The standard InChI is InChI=1S/C20H29N3O4/c1-4-27-19(26)9-8-18(25)23-12-10-22(11-13-23)14-17(24)21-20-15(2)6-5-7-16(20)3/h5-7H,4,8-14H2,1-3H3,(H,21,24). The number of nitrogens with one attached hydrogen (secondary N) is 1. The van der Waals surface area contributed by atoms with Crippen molar-refractivity contribution in [1.82, 2.24) is 9.80 Å². The van der Waals surface area contributed by atoms with E-state index in [2.05, 4.69) is 5.32 Å². The van der Waals surface area contributed by atoms with Crippen molar-refractivity contribution in [2.75, 3.05) is 44.6 Å². The molecular weight excluding hydrogens is 346 g/mol. The molecule has 1 saturated heterocycles. The first-order chi connectivity index (χ1) is 12.9. The van der Waals surface area contributed by atoms with Crippen molar-refractivity contribution >= 4 is 23.5 Å². The van der Waals surface area contributed by atoms with E-state index >= 15 is 0 Å². The Morgan fingerprint density at radius 1 is 1.04 bits per heavy atom. The number of piperazine rings is 1. The number of carbonyl (C=O) groups excluding carboxylic acids is 3. The third-order valence-corrected chi connectivity index (χ3v) is 4.69. The highest BCUT2D eigenvalue weighted by Gasteiger charge is 2.23. The summed E-state index contributed by atoms with van der Waals surface area (Å²) in [4.78, 5) is 39.7. The van der Waals surface area contributed by atoms with Gasteiger partial charge in [0, 0.05) is 38.3 Å². The van der Waals surface area contributed by atoms with Crippen molar-refractivity contribution in [2.24, 2.45) is 0 Å². The summed E-state index contributed by atoms with van der Waals surface area (Å²) in [6.07, 6.45) is 0.289. The summed E-state index contributed by atoms with van der Waals surface area (Å²) >= 11 is 0. The van der Waals surface area contributed by atoms with E-state index in [1.165, 1.54) is 0 Å². The highest BCUT2D eigenvalue weighted by Crippen LogP contribution is 2.19. The summed E-state index contributed by atoms with van der Waals surface area (Å²) in [5, 5.41) is 2.99. The minimum Gasteiger partial charge on any atom is -0.466 e. The van der Waals surface area contributed by atoms with Crippen molar-refractivity contribution < 1.29 is 19.1 Å². The fourth-order valence-electron chi connectivity index (χ4n) is 3.15. The Balaban J connectivity index is 1.74. The van der Waals surface area contributed by atoms with E-state index in [1.807, 2.05) is 36.9 Å². The number of benzene rings is 1. The van der Waals surface area contributed by atoms with Gasteiger partial charge in [0.2, 0.25) is 11.8 Å². The Kier molecular flexibility index (Phi) is 7.79. The molecule has 1 fully saturated rings. The highest BCUT2D eigenvalue weighted by atomic mass is 16.5. The molecule has 1 aromatic carbocycles. The van der Waals surface area contributed by atoms with Crippen molar-refractivity contribution in [3.05, 3.63) is 29.3 Å². The van der Waals surface area contributed by atoms with Gasteiger partial charge in [-0.1, -0.05) is 18.2 Å². The number of hydrogen-bond acceptors (Lipinski definition) is 5. The summed E-state index contributed by atoms with van der Waals surface area (Å²) in [6, 6.07) is 5.92. The molecule has 0 bridgehead atoms. The maximum atomic E-state index is 12.4. The molecule has 1 N–H and O–H groups in total. The van der Waals surface area contributed by atoms with Crippen LogP contribution in [-0.2, 0) is 19.1 Å².